The molecule has 2 spiro atoms. The Balaban J connectivity index is 1.31. The van der Waals surface area contributed by atoms with Crippen molar-refractivity contribution in [2.24, 2.45) is 73.8 Å². The summed E-state index contributed by atoms with van der Waals surface area (Å²) in [6, 6.07) is 0. The van der Waals surface area contributed by atoms with Crippen molar-refractivity contribution >= 4 is 11.5 Å². The number of hydrogen-bond donors (Lipinski definition) is 8. The Morgan fingerprint density at radius 1 is 1.12 bits per heavy atom. The molecule has 0 aromatic heterocycles. The number of quaternary nitrogens is 1. The molecule has 292 valence electrons. The molecular formula is C41H66N3O8+. The van der Waals surface area contributed by atoms with Crippen LogP contribution < -0.4 is 11.1 Å². The van der Waals surface area contributed by atoms with Crippen LogP contribution in [0.3, 0.4) is 0 Å². The molecule has 19 atom stereocenters. The molecule has 2 saturated heterocycles. The van der Waals surface area contributed by atoms with E-state index in [9.17, 15) is 30.6 Å². The van der Waals surface area contributed by atoms with E-state index in [-0.39, 0.29) is 54.5 Å². The number of fused-ring (bicyclic) bond motifs is 3. The number of carbonyl (C=O) groups is 1. The van der Waals surface area contributed by atoms with Gasteiger partial charge >= 0.3 is 0 Å². The van der Waals surface area contributed by atoms with Gasteiger partial charge in [-0.1, -0.05) is 32.9 Å². The zero-order valence-electron chi connectivity index (χ0n) is 32.0. The van der Waals surface area contributed by atoms with E-state index in [1.165, 1.54) is 0 Å². The van der Waals surface area contributed by atoms with E-state index in [0.29, 0.717) is 43.9 Å². The average molecular weight is 729 g/mol. The Hall–Kier alpha value is -1.28. The maximum atomic E-state index is 15.3. The van der Waals surface area contributed by atoms with Crippen LogP contribution >= 0.6 is 0 Å². The second-order valence-electron chi connectivity index (χ2n) is 19.9. The number of ketones is 1. The first-order valence-corrected chi connectivity index (χ1v) is 20.5. The van der Waals surface area contributed by atoms with E-state index in [2.05, 4.69) is 38.2 Å². The lowest BCUT2D eigenvalue weighted by atomic mass is 9.29. The minimum absolute atomic E-state index is 0.0168. The normalized spacial score (nSPS) is 55.7. The summed E-state index contributed by atoms with van der Waals surface area (Å²) in [5, 5.41) is 73.9. The van der Waals surface area contributed by atoms with E-state index in [0.717, 1.165) is 32.2 Å². The van der Waals surface area contributed by atoms with Crippen LogP contribution in [-0.4, -0.2) is 110 Å². The van der Waals surface area contributed by atoms with Crippen LogP contribution in [0.4, 0.5) is 0 Å². The molecule has 2 heterocycles. The van der Waals surface area contributed by atoms with Crippen molar-refractivity contribution in [3.05, 3.63) is 12.2 Å². The van der Waals surface area contributed by atoms with Gasteiger partial charge in [0.1, 0.15) is 12.3 Å². The van der Waals surface area contributed by atoms with Crippen molar-refractivity contribution in [3.8, 4) is 0 Å². The first-order valence-electron chi connectivity index (χ1n) is 20.5. The second-order valence-corrected chi connectivity index (χ2v) is 19.9. The smallest absolute Gasteiger partial charge is 0.180 e. The number of piperidine rings is 1. The monoisotopic (exact) mass is 728 g/mol. The maximum absolute atomic E-state index is 15.3. The van der Waals surface area contributed by atoms with Crippen LogP contribution in [0.2, 0.25) is 0 Å². The van der Waals surface area contributed by atoms with Crippen molar-refractivity contribution in [1.82, 2.24) is 0 Å². The van der Waals surface area contributed by atoms with Gasteiger partial charge in [-0.2, -0.15) is 0 Å². The molecule has 10 N–H and O–H groups in total. The summed E-state index contributed by atoms with van der Waals surface area (Å²) in [4.78, 5) is 20.2. The number of allylic oxidation sites excluding steroid dienone is 2. The predicted molar refractivity (Wildman–Crippen MR) is 194 cm³/mol. The van der Waals surface area contributed by atoms with Gasteiger partial charge in [0.25, 0.3) is 0 Å². The Labute approximate surface area is 308 Å². The molecule has 11 nitrogen and oxygen atoms in total. The SMILES string of the molecule is C[C@@H]1[C@H]([C@@H](O)[C@](C)(O)[C@@H]2CC[C@]3(O)C4C(=NC[C@H](C)O)C(=O)[C@H]5C[C@@H](O)[C@@H](O)C[C@@]56C[C@]5(C7CCC(N)[NH2+]C7)C=C[C@@H](C[C@]23C)[C@]46CC5)OC[C@@H]1C. The quantitative estimate of drug-likeness (QED) is 0.184. The summed E-state index contributed by atoms with van der Waals surface area (Å²) < 4.78 is 6.10. The number of Topliss-reactive ketones (excluding diaryl/α,β-unsaturated/α-hetero) is 1. The number of rotatable bonds is 6. The standard InChI is InChI=1S/C41H65N3O8/c1-21-19-52-33(23(21)3)35(49)37(5,50)29-9-11-41(51)34-31(44-17-22(2)45)32(48)26-14-27(46)28(47)16-39(26)20-38(25-6-7-30(42)43-18-25)10-8-24(15-36(29,41)4)40(34,39)13-12-38/h8,10,21-30,33-35,43,45-47,49-51H,6-7,9,11-20,42H2,1-5H3/p+1/t21-,22-,23-,24-,25?,26+,27+,28-,29+,30?,33+,34?,35+,36+,37+,38-,39+,40+,41-/m0/s1. The third-order valence-corrected chi connectivity index (χ3v) is 17.6. The number of aliphatic imine (C=N–C) groups is 1. The number of carbonyl (C=O) groups excluding carboxylic acids is 1. The average Bonchev–Trinajstić information content (AvgIpc) is 3.46. The molecular weight excluding hydrogens is 662 g/mol. The van der Waals surface area contributed by atoms with Crippen LogP contribution in [0.5, 0.6) is 0 Å². The Bertz CT molecular complexity index is 1500. The van der Waals surface area contributed by atoms with Crippen LogP contribution in [0.15, 0.2) is 17.1 Å². The molecule has 0 amide bonds. The summed E-state index contributed by atoms with van der Waals surface area (Å²) in [6.45, 7) is 11.0. The summed E-state index contributed by atoms with van der Waals surface area (Å²) in [5.41, 5.74) is 1.10. The molecule has 7 aliphatic carbocycles. The first kappa shape index (κ1) is 37.6. The van der Waals surface area contributed by atoms with Gasteiger partial charge in [0, 0.05) is 36.2 Å². The first-order chi connectivity index (χ1) is 24.4. The molecule has 2 aliphatic heterocycles. The highest BCUT2D eigenvalue weighted by Crippen LogP contribution is 2.81. The maximum Gasteiger partial charge on any atom is 0.180 e. The topological polar surface area (TPSA) is 203 Å². The second kappa shape index (κ2) is 12.4. The van der Waals surface area contributed by atoms with Crippen LogP contribution in [0, 0.1) is 63.1 Å². The third kappa shape index (κ3) is 4.82. The molecule has 3 unspecified atom stereocenters. The number of nitrogens with zero attached hydrogens (tertiary/aromatic N) is 1. The number of aliphatic hydroxyl groups is 6. The molecule has 0 aromatic carbocycles. The van der Waals surface area contributed by atoms with E-state index < -0.39 is 75.7 Å². The van der Waals surface area contributed by atoms with E-state index in [4.69, 9.17) is 15.5 Å². The lowest BCUT2D eigenvalue weighted by molar-refractivity contribution is -0.705. The van der Waals surface area contributed by atoms with Gasteiger partial charge < -0.3 is 40.7 Å². The van der Waals surface area contributed by atoms with Gasteiger partial charge in [0.15, 0.2) is 5.78 Å². The van der Waals surface area contributed by atoms with Crippen molar-refractivity contribution in [2.75, 3.05) is 19.7 Å². The fourth-order valence-corrected chi connectivity index (χ4v) is 14.8. The Morgan fingerprint density at radius 3 is 2.52 bits per heavy atom. The zero-order valence-corrected chi connectivity index (χ0v) is 32.0. The number of hydrogen-bond acceptors (Lipinski definition) is 10. The molecule has 0 radical (unpaired) electrons. The molecule has 52 heavy (non-hydrogen) atoms. The van der Waals surface area contributed by atoms with Crippen molar-refractivity contribution in [2.45, 2.75) is 147 Å². The van der Waals surface area contributed by atoms with Gasteiger partial charge in [-0.05, 0) is 112 Å². The fourth-order valence-electron chi connectivity index (χ4n) is 14.8. The molecule has 9 rings (SSSR count). The molecule has 5 saturated carbocycles. The van der Waals surface area contributed by atoms with Crippen molar-refractivity contribution in [1.29, 1.82) is 0 Å². The highest BCUT2D eigenvalue weighted by atomic mass is 16.5. The van der Waals surface area contributed by atoms with Crippen LogP contribution in [0.25, 0.3) is 0 Å². The highest BCUT2D eigenvalue weighted by molar-refractivity contribution is 6.43. The lowest BCUT2D eigenvalue weighted by Crippen LogP contribution is -2.95. The Kier molecular flexibility index (Phi) is 8.94. The van der Waals surface area contributed by atoms with Crippen molar-refractivity contribution in [3.63, 3.8) is 0 Å². The van der Waals surface area contributed by atoms with Gasteiger partial charge in [0.05, 0.1) is 54.4 Å². The summed E-state index contributed by atoms with van der Waals surface area (Å²) in [7, 11) is 0. The summed E-state index contributed by atoms with van der Waals surface area (Å²) >= 11 is 0. The van der Waals surface area contributed by atoms with E-state index in [1.807, 2.05) is 0 Å². The largest absolute Gasteiger partial charge is 0.391 e. The molecule has 2 bridgehead atoms. The number of nitrogens with two attached hydrogens (primary N) is 2. The molecule has 9 aliphatic rings. The molecule has 0 aromatic rings. The highest BCUT2D eigenvalue weighted by Gasteiger charge is 2.82. The van der Waals surface area contributed by atoms with Gasteiger partial charge in [0.2, 0.25) is 0 Å². The number of aliphatic hydroxyl groups excluding tert-OH is 4. The van der Waals surface area contributed by atoms with Gasteiger partial charge in [-0.15, -0.1) is 0 Å². The van der Waals surface area contributed by atoms with E-state index in [1.54, 1.807) is 13.8 Å². The number of ether oxygens (including phenoxy) is 1. The molecule has 11 heteroatoms. The minimum Gasteiger partial charge on any atom is -0.391 e. The van der Waals surface area contributed by atoms with Crippen LogP contribution in [-0.2, 0) is 9.53 Å². The van der Waals surface area contributed by atoms with Crippen molar-refractivity contribution < 1.29 is 45.5 Å². The molecule has 7 fully saturated rings. The Morgan fingerprint density at radius 2 is 1.87 bits per heavy atom. The fraction of sp³-hybridized carbons (Fsp3) is 0.902. The lowest BCUT2D eigenvalue weighted by Gasteiger charge is -2.75. The minimum atomic E-state index is -1.60. The predicted octanol–water partition coefficient (Wildman–Crippen LogP) is 1.06. The summed E-state index contributed by atoms with van der Waals surface area (Å²) in [6.07, 6.45) is 6.31. The third-order valence-electron chi connectivity index (χ3n) is 17.6. The van der Waals surface area contributed by atoms with E-state index >= 15 is 4.79 Å². The van der Waals surface area contributed by atoms with Crippen LogP contribution in [0.1, 0.15) is 98.8 Å². The van der Waals surface area contributed by atoms with Gasteiger partial charge in [-0.3, -0.25) is 15.5 Å². The zero-order chi connectivity index (χ0) is 37.4. The summed E-state index contributed by atoms with van der Waals surface area (Å²) in [5.74, 6) is -1.47. The van der Waals surface area contributed by atoms with Gasteiger partial charge in [-0.25, -0.2) is 0 Å².